The van der Waals surface area contributed by atoms with Gasteiger partial charge in [-0.05, 0) is 78.0 Å². The van der Waals surface area contributed by atoms with Crippen LogP contribution >= 0.6 is 0 Å². The van der Waals surface area contributed by atoms with E-state index in [9.17, 15) is 0 Å². The molecule has 0 saturated heterocycles. The van der Waals surface area contributed by atoms with Gasteiger partial charge in [-0.2, -0.15) is 0 Å². The van der Waals surface area contributed by atoms with Crippen molar-refractivity contribution >= 4 is 0 Å². The summed E-state index contributed by atoms with van der Waals surface area (Å²) >= 11 is 0. The number of benzene rings is 2. The van der Waals surface area contributed by atoms with E-state index in [0.29, 0.717) is 10.8 Å². The summed E-state index contributed by atoms with van der Waals surface area (Å²) in [6.45, 7) is 17.5. The van der Waals surface area contributed by atoms with Crippen LogP contribution in [0.4, 0.5) is 0 Å². The summed E-state index contributed by atoms with van der Waals surface area (Å²) in [6, 6.07) is 17.5. The van der Waals surface area contributed by atoms with Crippen molar-refractivity contribution in [2.45, 2.75) is 100 Å². The van der Waals surface area contributed by atoms with E-state index < -0.39 is 0 Å². The van der Waals surface area contributed by atoms with Crippen LogP contribution in [-0.4, -0.2) is 0 Å². The molecular weight excluding hydrogens is 550 g/mol. The molecule has 0 aliphatic heterocycles. The van der Waals surface area contributed by atoms with Crippen molar-refractivity contribution in [2.75, 3.05) is 0 Å². The fourth-order valence-electron chi connectivity index (χ4n) is 3.19. The van der Waals surface area contributed by atoms with Crippen molar-refractivity contribution in [2.24, 2.45) is 10.8 Å². The molecule has 2 aromatic carbocycles. The Balaban J connectivity index is -0.000000171. The van der Waals surface area contributed by atoms with Crippen LogP contribution in [0.25, 0.3) is 0 Å². The third kappa shape index (κ3) is 24.1. The van der Waals surface area contributed by atoms with E-state index in [-0.39, 0.29) is 80.3 Å². The molecule has 0 nitrogen and oxygen atoms in total. The van der Waals surface area contributed by atoms with Gasteiger partial charge in [0.25, 0.3) is 0 Å². The van der Waals surface area contributed by atoms with E-state index in [1.54, 1.807) is 22.3 Å². The summed E-state index contributed by atoms with van der Waals surface area (Å²) < 4.78 is 0. The molecule has 0 amide bonds. The molecular formula is C31H52Y2-2. The first-order valence-electron chi connectivity index (χ1n) is 11.6. The van der Waals surface area contributed by atoms with Gasteiger partial charge in [0.1, 0.15) is 0 Å². The monoisotopic (exact) mass is 602 g/mol. The van der Waals surface area contributed by atoms with Gasteiger partial charge in [0.2, 0.25) is 0 Å². The van der Waals surface area contributed by atoms with E-state index >= 15 is 0 Å². The van der Waals surface area contributed by atoms with Crippen molar-refractivity contribution in [3.8, 4) is 0 Å². The molecule has 0 aromatic heterocycles. The average molecular weight is 603 g/mol. The van der Waals surface area contributed by atoms with Gasteiger partial charge >= 0.3 is 0 Å². The minimum absolute atomic E-state index is 0. The fourth-order valence-corrected chi connectivity index (χ4v) is 3.19. The minimum Gasteiger partial charge on any atom is -0.358 e. The Kier molecular flexibility index (Phi) is 25.7. The van der Waals surface area contributed by atoms with E-state index in [0.717, 1.165) is 0 Å². The van der Waals surface area contributed by atoms with Crippen molar-refractivity contribution in [3.63, 3.8) is 0 Å². The SMILES string of the molecule is CC(C)(C)C.CC(C)(C)C.[CH3-].[CH3-].[Y].[Y].c1ccc2c(c1)CCC2.c1ccc2c(c1)CCCC2. The van der Waals surface area contributed by atoms with Crippen molar-refractivity contribution in [1.82, 2.24) is 0 Å². The van der Waals surface area contributed by atoms with Gasteiger partial charge in [0, 0.05) is 65.4 Å². The summed E-state index contributed by atoms with van der Waals surface area (Å²) in [7, 11) is 0. The minimum atomic E-state index is 0. The van der Waals surface area contributed by atoms with Gasteiger partial charge in [-0.25, -0.2) is 0 Å². The molecule has 0 unspecified atom stereocenters. The quantitative estimate of drug-likeness (QED) is 0.264. The largest absolute Gasteiger partial charge is 0.358 e. The van der Waals surface area contributed by atoms with Crippen LogP contribution in [0, 0.1) is 25.7 Å². The second-order valence-corrected chi connectivity index (χ2v) is 11.6. The predicted molar refractivity (Wildman–Crippen MR) is 145 cm³/mol. The number of hydrogen-bond donors (Lipinski definition) is 0. The van der Waals surface area contributed by atoms with Gasteiger partial charge in [-0.1, -0.05) is 104 Å². The third-order valence-electron chi connectivity index (χ3n) is 4.27. The summed E-state index contributed by atoms with van der Waals surface area (Å²) in [6.07, 6.45) is 9.34. The zero-order chi connectivity index (χ0) is 21.9. The maximum Gasteiger partial charge on any atom is 0 e. The number of fused-ring (bicyclic) bond motifs is 2. The van der Waals surface area contributed by atoms with Crippen molar-refractivity contribution < 1.29 is 65.4 Å². The van der Waals surface area contributed by atoms with Crippen LogP contribution in [0.3, 0.4) is 0 Å². The molecule has 0 spiro atoms. The first-order chi connectivity index (χ1) is 13.4. The summed E-state index contributed by atoms with van der Waals surface area (Å²) in [5.74, 6) is 0. The van der Waals surface area contributed by atoms with E-state index in [1.807, 2.05) is 0 Å². The van der Waals surface area contributed by atoms with Crippen LogP contribution in [0.1, 0.15) is 96.9 Å². The number of hydrogen-bond acceptors (Lipinski definition) is 0. The Labute approximate surface area is 259 Å². The van der Waals surface area contributed by atoms with Gasteiger partial charge in [-0.15, -0.1) is 0 Å². The first-order valence-corrected chi connectivity index (χ1v) is 11.6. The van der Waals surface area contributed by atoms with E-state index in [4.69, 9.17) is 0 Å². The molecule has 0 atom stereocenters. The molecule has 0 N–H and O–H groups in total. The standard InChI is InChI=1S/C10H12.C9H10.2C5H12.2CH3.2Y/c1-2-6-10-8-4-3-7-9(10)5-1;1-2-5-9-7-3-6-8(9)4-1;2*1-5(2,3)4;;;;/h1-2,5-6H,3-4,7-8H2;1-2,4-5H,3,6-7H2;2*1-4H3;2*1H3;;/q;;;;2*-1;;. The van der Waals surface area contributed by atoms with E-state index in [1.165, 1.54) is 44.9 Å². The molecule has 33 heavy (non-hydrogen) atoms. The van der Waals surface area contributed by atoms with Crippen LogP contribution in [0.5, 0.6) is 0 Å². The van der Waals surface area contributed by atoms with Gasteiger partial charge in [0.15, 0.2) is 0 Å². The number of aryl methyl sites for hydroxylation is 4. The molecule has 2 heteroatoms. The second-order valence-electron chi connectivity index (χ2n) is 11.6. The van der Waals surface area contributed by atoms with Crippen LogP contribution < -0.4 is 0 Å². The smallest absolute Gasteiger partial charge is 0 e. The van der Waals surface area contributed by atoms with E-state index in [2.05, 4.69) is 104 Å². The Morgan fingerprint density at radius 3 is 0.818 bits per heavy atom. The molecule has 0 fully saturated rings. The Hall–Kier alpha value is 0.648. The summed E-state index contributed by atoms with van der Waals surface area (Å²) in [5, 5.41) is 0. The maximum absolute atomic E-state index is 2.26. The normalized spacial score (nSPS) is 12.8. The first kappa shape index (κ1) is 40.8. The third-order valence-corrected chi connectivity index (χ3v) is 4.27. The summed E-state index contributed by atoms with van der Waals surface area (Å²) in [4.78, 5) is 0. The van der Waals surface area contributed by atoms with Crippen LogP contribution in [0.2, 0.25) is 0 Å². The number of rotatable bonds is 0. The molecule has 0 heterocycles. The van der Waals surface area contributed by atoms with Crippen molar-refractivity contribution in [1.29, 1.82) is 0 Å². The molecule has 2 aliphatic rings. The second kappa shape index (κ2) is 20.8. The van der Waals surface area contributed by atoms with Crippen LogP contribution in [0.15, 0.2) is 48.5 Å². The molecule has 2 radical (unpaired) electrons. The maximum atomic E-state index is 2.26. The molecule has 2 aromatic rings. The Bertz CT molecular complexity index is 633. The molecule has 0 saturated carbocycles. The zero-order valence-electron chi connectivity index (χ0n) is 23.7. The predicted octanol–water partition coefficient (Wildman–Crippen LogP) is 9.74. The Morgan fingerprint density at radius 1 is 0.424 bits per heavy atom. The molecule has 184 valence electrons. The Morgan fingerprint density at radius 2 is 0.606 bits per heavy atom. The van der Waals surface area contributed by atoms with Gasteiger partial charge < -0.3 is 14.9 Å². The topological polar surface area (TPSA) is 0 Å². The van der Waals surface area contributed by atoms with Gasteiger partial charge in [-0.3, -0.25) is 0 Å². The summed E-state index contributed by atoms with van der Waals surface area (Å²) in [5.41, 5.74) is 7.29. The zero-order valence-corrected chi connectivity index (χ0v) is 29.4. The van der Waals surface area contributed by atoms with Gasteiger partial charge in [0.05, 0.1) is 0 Å². The average Bonchev–Trinajstić information content (AvgIpc) is 3.08. The van der Waals surface area contributed by atoms with Crippen molar-refractivity contribution in [3.05, 3.63) is 85.6 Å². The van der Waals surface area contributed by atoms with Crippen LogP contribution in [-0.2, 0) is 91.1 Å². The fraction of sp³-hybridized carbons (Fsp3) is 0.548. The molecule has 4 rings (SSSR count). The molecule has 0 bridgehead atoms. The molecule has 2 aliphatic carbocycles.